The van der Waals surface area contributed by atoms with Gasteiger partial charge in [-0.25, -0.2) is 9.78 Å². The third-order valence-electron chi connectivity index (χ3n) is 2.49. The summed E-state index contributed by atoms with van der Waals surface area (Å²) in [5, 5.41) is 5.39. The first-order valence-electron chi connectivity index (χ1n) is 5.81. The third-order valence-corrected chi connectivity index (χ3v) is 4.33. The minimum absolute atomic E-state index is 0.0657. The lowest BCUT2D eigenvalue weighted by molar-refractivity contribution is 0.217. The molecule has 2 aromatic rings. The summed E-state index contributed by atoms with van der Waals surface area (Å²) in [6, 6.07) is 4.05. The molecular weight excluding hydrogens is 280 g/mol. The van der Waals surface area contributed by atoms with Crippen molar-refractivity contribution in [2.75, 3.05) is 26.4 Å². The van der Waals surface area contributed by atoms with Crippen LogP contribution >= 0.6 is 22.7 Å². The fourth-order valence-corrected chi connectivity index (χ4v) is 3.11. The fourth-order valence-electron chi connectivity index (χ4n) is 1.50. The smallest absolute Gasteiger partial charge is 0.316 e. The molecule has 7 heteroatoms. The molecule has 0 saturated heterocycles. The van der Waals surface area contributed by atoms with E-state index in [2.05, 4.69) is 16.4 Å². The number of aromatic nitrogens is 1. The molecule has 0 aliphatic rings. The number of nitrogens with one attached hydrogen (secondary N) is 1. The molecule has 5 nitrogen and oxygen atoms in total. The number of hydrogen-bond donors (Lipinski definition) is 2. The van der Waals surface area contributed by atoms with Gasteiger partial charge in [0.05, 0.1) is 10.6 Å². The Morgan fingerprint density at radius 1 is 1.47 bits per heavy atom. The molecule has 19 heavy (non-hydrogen) atoms. The van der Waals surface area contributed by atoms with E-state index in [4.69, 9.17) is 5.73 Å². The average Bonchev–Trinajstić information content (AvgIpc) is 2.97. The molecule has 2 amide bonds. The Kier molecular flexibility index (Phi) is 4.39. The number of urea groups is 1. The zero-order valence-electron chi connectivity index (χ0n) is 10.8. The van der Waals surface area contributed by atoms with Crippen molar-refractivity contribution in [1.29, 1.82) is 0 Å². The van der Waals surface area contributed by atoms with Crippen LogP contribution in [0.5, 0.6) is 0 Å². The van der Waals surface area contributed by atoms with Gasteiger partial charge in [0.25, 0.3) is 0 Å². The summed E-state index contributed by atoms with van der Waals surface area (Å²) < 4.78 is 0. The predicted molar refractivity (Wildman–Crippen MR) is 80.6 cm³/mol. The van der Waals surface area contributed by atoms with Crippen LogP contribution in [0, 0.1) is 0 Å². The van der Waals surface area contributed by atoms with Crippen LogP contribution < -0.4 is 11.1 Å². The maximum absolute atomic E-state index is 11.4. The maximum atomic E-state index is 11.4. The Morgan fingerprint density at radius 3 is 2.89 bits per heavy atom. The van der Waals surface area contributed by atoms with Gasteiger partial charge < -0.3 is 16.0 Å². The predicted octanol–water partition coefficient (Wildman–Crippen LogP) is 2.27. The molecule has 0 unspecified atom stereocenters. The number of rotatable bonds is 4. The van der Waals surface area contributed by atoms with Gasteiger partial charge in [-0.15, -0.1) is 22.7 Å². The molecule has 0 aromatic carbocycles. The number of nitrogens with two attached hydrogens (primary N) is 1. The summed E-state index contributed by atoms with van der Waals surface area (Å²) in [6.07, 6.45) is 0.823. The van der Waals surface area contributed by atoms with E-state index in [9.17, 15) is 4.79 Å². The van der Waals surface area contributed by atoms with Gasteiger partial charge in [-0.1, -0.05) is 0 Å². The van der Waals surface area contributed by atoms with Gasteiger partial charge in [0.1, 0.15) is 0 Å². The second kappa shape index (κ2) is 6.03. The lowest BCUT2D eigenvalue weighted by Crippen LogP contribution is -2.35. The largest absolute Gasteiger partial charge is 0.375 e. The lowest BCUT2D eigenvalue weighted by atomic mass is 10.3. The van der Waals surface area contributed by atoms with Crippen molar-refractivity contribution >= 4 is 33.8 Å². The molecule has 0 atom stereocenters. The van der Waals surface area contributed by atoms with E-state index < -0.39 is 0 Å². The van der Waals surface area contributed by atoms with Crippen molar-refractivity contribution in [2.45, 2.75) is 6.42 Å². The van der Waals surface area contributed by atoms with Crippen LogP contribution in [0.2, 0.25) is 0 Å². The second-order valence-corrected chi connectivity index (χ2v) is 6.27. The summed E-state index contributed by atoms with van der Waals surface area (Å²) in [5.74, 6) is 0. The zero-order chi connectivity index (χ0) is 13.8. The van der Waals surface area contributed by atoms with E-state index in [0.717, 1.165) is 17.0 Å². The number of nitrogen functional groups attached to an aromatic ring is 1. The van der Waals surface area contributed by atoms with Crippen molar-refractivity contribution in [3.63, 3.8) is 0 Å². The van der Waals surface area contributed by atoms with Crippen LogP contribution in [0.4, 0.5) is 9.93 Å². The molecule has 102 valence electrons. The van der Waals surface area contributed by atoms with Crippen molar-refractivity contribution in [3.05, 3.63) is 22.4 Å². The highest BCUT2D eigenvalue weighted by molar-refractivity contribution is 7.16. The molecule has 2 rings (SSSR count). The summed E-state index contributed by atoms with van der Waals surface area (Å²) in [6.45, 7) is 0.635. The van der Waals surface area contributed by atoms with Gasteiger partial charge in [0.2, 0.25) is 0 Å². The zero-order valence-corrected chi connectivity index (χ0v) is 12.5. The van der Waals surface area contributed by atoms with Crippen LogP contribution in [0.25, 0.3) is 10.6 Å². The second-order valence-electron chi connectivity index (χ2n) is 4.21. The number of nitrogens with zero attached hydrogens (tertiary/aromatic N) is 2. The van der Waals surface area contributed by atoms with Gasteiger partial charge in [0.15, 0.2) is 5.13 Å². The van der Waals surface area contributed by atoms with E-state index >= 15 is 0 Å². The van der Waals surface area contributed by atoms with E-state index in [-0.39, 0.29) is 6.03 Å². The van der Waals surface area contributed by atoms with Gasteiger partial charge in [-0.05, 0) is 18.6 Å². The van der Waals surface area contributed by atoms with Crippen molar-refractivity contribution in [2.24, 2.45) is 0 Å². The van der Waals surface area contributed by atoms with E-state index in [1.807, 2.05) is 11.4 Å². The van der Waals surface area contributed by atoms with E-state index in [1.165, 1.54) is 21.1 Å². The molecular formula is C12H16N4OS2. The monoisotopic (exact) mass is 296 g/mol. The summed E-state index contributed by atoms with van der Waals surface area (Å²) >= 11 is 3.13. The van der Waals surface area contributed by atoms with Gasteiger partial charge >= 0.3 is 6.03 Å². The van der Waals surface area contributed by atoms with Crippen LogP contribution in [0.1, 0.15) is 4.88 Å². The Labute approximate surface area is 120 Å². The van der Waals surface area contributed by atoms with E-state index in [1.54, 1.807) is 25.4 Å². The lowest BCUT2D eigenvalue weighted by Gasteiger charge is -2.11. The number of thiazole rings is 1. The molecule has 0 spiro atoms. The molecule has 0 fully saturated rings. The standard InChI is InChI=1S/C12H16N4OS2/c1-16(2)12(17)14-6-5-8-3-4-10(19-8)9-7-18-11(13)15-9/h3-4,7H,5-6H2,1-2H3,(H2,13,15)(H,14,17). The average molecular weight is 296 g/mol. The van der Waals surface area contributed by atoms with E-state index in [0.29, 0.717) is 11.7 Å². The first kappa shape index (κ1) is 13.8. The molecule has 2 aromatic heterocycles. The first-order valence-corrected chi connectivity index (χ1v) is 7.51. The number of amides is 2. The van der Waals surface area contributed by atoms with Crippen LogP contribution in [0.15, 0.2) is 17.5 Å². The fraction of sp³-hybridized carbons (Fsp3) is 0.333. The molecule has 0 aliphatic carbocycles. The highest BCUT2D eigenvalue weighted by atomic mass is 32.1. The molecule has 0 aliphatic heterocycles. The van der Waals surface area contributed by atoms with Gasteiger partial charge in [0, 0.05) is 30.9 Å². The van der Waals surface area contributed by atoms with Crippen molar-refractivity contribution in [1.82, 2.24) is 15.2 Å². The number of anilines is 1. The molecule has 0 radical (unpaired) electrons. The minimum Gasteiger partial charge on any atom is -0.375 e. The third kappa shape index (κ3) is 3.68. The summed E-state index contributed by atoms with van der Waals surface area (Å²) in [7, 11) is 3.45. The van der Waals surface area contributed by atoms with Crippen LogP contribution in [0.3, 0.4) is 0 Å². The highest BCUT2D eigenvalue weighted by Gasteiger charge is 2.07. The molecule has 0 saturated carbocycles. The highest BCUT2D eigenvalue weighted by Crippen LogP contribution is 2.29. The SMILES string of the molecule is CN(C)C(=O)NCCc1ccc(-c2csc(N)n2)s1. The number of thiophene rings is 1. The first-order chi connectivity index (χ1) is 9.06. The number of carbonyl (C=O) groups is 1. The number of hydrogen-bond acceptors (Lipinski definition) is 5. The molecule has 0 bridgehead atoms. The topological polar surface area (TPSA) is 71.2 Å². The Hall–Kier alpha value is -1.60. The Bertz CT molecular complexity index is 562. The van der Waals surface area contributed by atoms with Crippen molar-refractivity contribution in [3.8, 4) is 10.6 Å². The van der Waals surface area contributed by atoms with Gasteiger partial charge in [-0.2, -0.15) is 0 Å². The number of carbonyl (C=O) groups excluding carboxylic acids is 1. The molecule has 3 N–H and O–H groups in total. The summed E-state index contributed by atoms with van der Waals surface area (Å²) in [5.41, 5.74) is 6.55. The summed E-state index contributed by atoms with van der Waals surface area (Å²) in [4.78, 5) is 19.5. The Balaban J connectivity index is 1.89. The minimum atomic E-state index is -0.0657. The normalized spacial score (nSPS) is 10.4. The Morgan fingerprint density at radius 2 is 2.26 bits per heavy atom. The maximum Gasteiger partial charge on any atom is 0.316 e. The van der Waals surface area contributed by atoms with Gasteiger partial charge in [-0.3, -0.25) is 0 Å². The van der Waals surface area contributed by atoms with Crippen LogP contribution in [-0.4, -0.2) is 36.6 Å². The quantitative estimate of drug-likeness (QED) is 0.909. The van der Waals surface area contributed by atoms with Crippen molar-refractivity contribution < 1.29 is 4.79 Å². The molecule has 2 heterocycles. The van der Waals surface area contributed by atoms with Crippen LogP contribution in [-0.2, 0) is 6.42 Å².